The minimum atomic E-state index is -0.805. The van der Waals surface area contributed by atoms with Gasteiger partial charge in [0.1, 0.15) is 5.54 Å². The van der Waals surface area contributed by atoms with Crippen molar-refractivity contribution in [2.24, 2.45) is 0 Å². The van der Waals surface area contributed by atoms with Gasteiger partial charge in [0.15, 0.2) is 0 Å². The number of urea groups is 1. The molecular weight excluding hydrogens is 204 g/mol. The monoisotopic (exact) mass is 216 g/mol. The largest absolute Gasteiger partial charge is 0.322 e. The van der Waals surface area contributed by atoms with E-state index in [4.69, 9.17) is 0 Å². The topological polar surface area (TPSA) is 58.2 Å². The van der Waals surface area contributed by atoms with Gasteiger partial charge in [-0.25, -0.2) is 4.79 Å². The van der Waals surface area contributed by atoms with Crippen molar-refractivity contribution >= 4 is 11.9 Å². The van der Waals surface area contributed by atoms with Crippen LogP contribution >= 0.6 is 0 Å². The summed E-state index contributed by atoms with van der Waals surface area (Å²) < 4.78 is 0. The fraction of sp³-hybridized carbons (Fsp3) is 0.333. The van der Waals surface area contributed by atoms with E-state index >= 15 is 0 Å². The Morgan fingerprint density at radius 3 is 2.81 bits per heavy atom. The molecule has 2 N–H and O–H groups in total. The van der Waals surface area contributed by atoms with Crippen molar-refractivity contribution in [3.05, 3.63) is 34.9 Å². The number of carbonyl (C=O) groups excluding carboxylic acids is 2. The molecule has 1 heterocycles. The average molecular weight is 216 g/mol. The van der Waals surface area contributed by atoms with Crippen molar-refractivity contribution in [3.63, 3.8) is 0 Å². The van der Waals surface area contributed by atoms with Gasteiger partial charge in [0.25, 0.3) is 5.91 Å². The summed E-state index contributed by atoms with van der Waals surface area (Å²) in [5, 5.41) is 5.07. The molecule has 1 aromatic rings. The molecule has 3 rings (SSSR count). The number of benzene rings is 1. The van der Waals surface area contributed by atoms with Crippen LogP contribution in [0.15, 0.2) is 18.2 Å². The van der Waals surface area contributed by atoms with Crippen LogP contribution in [0.1, 0.15) is 23.1 Å². The molecule has 0 saturated carbocycles. The van der Waals surface area contributed by atoms with E-state index in [0.29, 0.717) is 6.42 Å². The smallest absolute Gasteiger partial charge is 0.319 e. The Morgan fingerprint density at radius 1 is 1.31 bits per heavy atom. The van der Waals surface area contributed by atoms with Crippen LogP contribution in [0.3, 0.4) is 0 Å². The van der Waals surface area contributed by atoms with E-state index in [2.05, 4.69) is 16.7 Å². The van der Waals surface area contributed by atoms with Crippen molar-refractivity contribution in [3.8, 4) is 0 Å². The van der Waals surface area contributed by atoms with Crippen LogP contribution in [-0.4, -0.2) is 11.9 Å². The van der Waals surface area contributed by atoms with E-state index in [9.17, 15) is 9.59 Å². The zero-order valence-electron chi connectivity index (χ0n) is 8.96. The Morgan fingerprint density at radius 2 is 2.12 bits per heavy atom. The lowest BCUT2D eigenvalue weighted by atomic mass is 9.91. The molecule has 0 radical (unpaired) electrons. The van der Waals surface area contributed by atoms with Crippen molar-refractivity contribution < 1.29 is 9.59 Å². The van der Waals surface area contributed by atoms with Gasteiger partial charge >= 0.3 is 6.03 Å². The van der Waals surface area contributed by atoms with Crippen LogP contribution in [0, 0.1) is 6.92 Å². The highest BCUT2D eigenvalue weighted by Crippen LogP contribution is 2.39. The third-order valence-corrected chi connectivity index (χ3v) is 3.43. The molecule has 4 heteroatoms. The van der Waals surface area contributed by atoms with Crippen LogP contribution in [0.2, 0.25) is 0 Å². The van der Waals surface area contributed by atoms with E-state index in [1.165, 1.54) is 5.56 Å². The number of nitrogens with one attached hydrogen (secondary N) is 2. The number of amides is 3. The van der Waals surface area contributed by atoms with Gasteiger partial charge in [-0.1, -0.05) is 23.8 Å². The predicted molar refractivity (Wildman–Crippen MR) is 57.9 cm³/mol. The standard InChI is InChI=1S/C12H12N2O2/c1-7-2-3-9-8(6-7)4-5-12(9)10(15)13-11(16)14-12/h2-3,6H,4-5H2,1H3,(H2,13,14,15,16)/t12-/m0/s1. The van der Waals surface area contributed by atoms with Gasteiger partial charge in [-0.3, -0.25) is 10.1 Å². The SMILES string of the molecule is Cc1ccc2c(c1)CC[C@]21NC(=O)NC1=O. The van der Waals surface area contributed by atoms with E-state index in [1.807, 2.05) is 19.1 Å². The summed E-state index contributed by atoms with van der Waals surface area (Å²) in [4.78, 5) is 23.1. The first-order valence-electron chi connectivity index (χ1n) is 5.35. The molecule has 3 amide bonds. The molecule has 1 spiro atoms. The summed E-state index contributed by atoms with van der Waals surface area (Å²) in [5.74, 6) is -0.222. The molecule has 1 aliphatic carbocycles. The number of aryl methyl sites for hydroxylation is 2. The number of hydrogen-bond donors (Lipinski definition) is 2. The summed E-state index contributed by atoms with van der Waals surface area (Å²) in [7, 11) is 0. The Balaban J connectivity index is 2.15. The van der Waals surface area contributed by atoms with Crippen LogP contribution in [0.5, 0.6) is 0 Å². The van der Waals surface area contributed by atoms with E-state index in [1.54, 1.807) is 0 Å². The molecule has 82 valence electrons. The van der Waals surface area contributed by atoms with Crippen molar-refractivity contribution in [2.45, 2.75) is 25.3 Å². The number of carbonyl (C=O) groups is 2. The molecular formula is C12H12N2O2. The van der Waals surface area contributed by atoms with Gasteiger partial charge in [-0.15, -0.1) is 0 Å². The van der Waals surface area contributed by atoms with Crippen molar-refractivity contribution in [1.82, 2.24) is 10.6 Å². The number of hydrogen-bond acceptors (Lipinski definition) is 2. The number of imide groups is 1. The first-order valence-corrected chi connectivity index (χ1v) is 5.35. The minimum Gasteiger partial charge on any atom is -0.319 e. The summed E-state index contributed by atoms with van der Waals surface area (Å²) in [6.07, 6.45) is 1.49. The van der Waals surface area contributed by atoms with E-state index in [-0.39, 0.29) is 5.91 Å². The molecule has 16 heavy (non-hydrogen) atoms. The second-order valence-electron chi connectivity index (χ2n) is 4.47. The number of fused-ring (bicyclic) bond motifs is 2. The molecule has 0 aromatic heterocycles. The quantitative estimate of drug-likeness (QED) is 0.635. The Kier molecular flexibility index (Phi) is 1.67. The van der Waals surface area contributed by atoms with Crippen LogP contribution < -0.4 is 10.6 Å². The van der Waals surface area contributed by atoms with Crippen molar-refractivity contribution in [1.29, 1.82) is 0 Å². The van der Waals surface area contributed by atoms with Crippen LogP contribution in [-0.2, 0) is 16.8 Å². The summed E-state index contributed by atoms with van der Waals surface area (Å²) >= 11 is 0. The average Bonchev–Trinajstić information content (AvgIpc) is 2.70. The lowest BCUT2D eigenvalue weighted by Gasteiger charge is -2.20. The third kappa shape index (κ3) is 1.04. The molecule has 4 nitrogen and oxygen atoms in total. The molecule has 1 atom stereocenters. The molecule has 1 aromatic carbocycles. The third-order valence-electron chi connectivity index (χ3n) is 3.43. The maximum Gasteiger partial charge on any atom is 0.322 e. The van der Waals surface area contributed by atoms with Gasteiger partial charge in [0, 0.05) is 0 Å². The van der Waals surface area contributed by atoms with Gasteiger partial charge in [-0.2, -0.15) is 0 Å². The van der Waals surface area contributed by atoms with Gasteiger partial charge in [-0.05, 0) is 30.9 Å². The highest BCUT2D eigenvalue weighted by molar-refractivity contribution is 6.08. The predicted octanol–water partition coefficient (Wildman–Crippen LogP) is 0.976. The van der Waals surface area contributed by atoms with E-state index < -0.39 is 11.6 Å². The summed E-state index contributed by atoms with van der Waals surface area (Å²) in [6.45, 7) is 2.03. The Bertz CT molecular complexity index is 510. The van der Waals surface area contributed by atoms with E-state index in [0.717, 1.165) is 17.5 Å². The first kappa shape index (κ1) is 9.39. The summed E-state index contributed by atoms with van der Waals surface area (Å²) in [5.41, 5.74) is 2.49. The maximum absolute atomic E-state index is 11.9. The first-order chi connectivity index (χ1) is 7.62. The summed E-state index contributed by atoms with van der Waals surface area (Å²) in [6, 6.07) is 5.62. The number of rotatable bonds is 0. The maximum atomic E-state index is 11.9. The Hall–Kier alpha value is -1.84. The normalized spacial score (nSPS) is 26.8. The van der Waals surface area contributed by atoms with Crippen molar-refractivity contribution in [2.75, 3.05) is 0 Å². The second-order valence-corrected chi connectivity index (χ2v) is 4.47. The fourth-order valence-corrected chi connectivity index (χ4v) is 2.66. The van der Waals surface area contributed by atoms with Gasteiger partial charge in [0.05, 0.1) is 0 Å². The zero-order chi connectivity index (χ0) is 11.3. The van der Waals surface area contributed by atoms with Crippen LogP contribution in [0.4, 0.5) is 4.79 Å². The lowest BCUT2D eigenvalue weighted by Crippen LogP contribution is -2.41. The highest BCUT2D eigenvalue weighted by Gasteiger charge is 2.51. The molecule has 1 fully saturated rings. The van der Waals surface area contributed by atoms with Crippen LogP contribution in [0.25, 0.3) is 0 Å². The molecule has 2 aliphatic rings. The zero-order valence-corrected chi connectivity index (χ0v) is 8.96. The molecule has 1 saturated heterocycles. The van der Waals surface area contributed by atoms with Gasteiger partial charge in [0.2, 0.25) is 0 Å². The Labute approximate surface area is 93.0 Å². The fourth-order valence-electron chi connectivity index (χ4n) is 2.66. The highest BCUT2D eigenvalue weighted by atomic mass is 16.2. The molecule has 1 aliphatic heterocycles. The molecule has 0 unspecified atom stereocenters. The molecule has 0 bridgehead atoms. The van der Waals surface area contributed by atoms with Gasteiger partial charge < -0.3 is 5.32 Å². The minimum absolute atomic E-state index is 0.222. The lowest BCUT2D eigenvalue weighted by molar-refractivity contribution is -0.124. The second kappa shape index (κ2) is 2.84.